The maximum Gasteiger partial charge on any atom is 0.338 e. The molecule has 0 amide bonds. The fraction of sp³-hybridized carbons (Fsp3) is 1.00. The van der Waals surface area contributed by atoms with Crippen LogP contribution in [-0.2, 0) is 8.85 Å². The van der Waals surface area contributed by atoms with Crippen LogP contribution in [0.1, 0.15) is 72.1 Å². The Morgan fingerprint density at radius 1 is 0.714 bits per heavy atom. The molecule has 0 unspecified atom stereocenters. The summed E-state index contributed by atoms with van der Waals surface area (Å²) in [4.78, 5) is 0. The highest BCUT2D eigenvalue weighted by Gasteiger charge is 2.36. The Kier molecular flexibility index (Phi) is 18.2. The van der Waals surface area contributed by atoms with Gasteiger partial charge in [0.1, 0.15) is 0 Å². The third kappa shape index (κ3) is 12.3. The number of unbranched alkanes of at least 4 members (excludes halogenated alkanes) is 4. The van der Waals surface area contributed by atoms with Gasteiger partial charge in [-0.05, 0) is 37.9 Å². The highest BCUT2D eigenvalue weighted by molar-refractivity contribution is 6.67. The normalized spacial score (nSPS) is 11.4. The number of nitrogens with two attached hydrogens (primary N) is 1. The molecule has 0 atom stereocenters. The molecule has 4 nitrogen and oxygen atoms in total. The molecule has 5 N–H and O–H groups in total. The van der Waals surface area contributed by atoms with Crippen LogP contribution < -0.4 is 11.9 Å². The summed E-state index contributed by atoms with van der Waals surface area (Å²) in [6, 6.07) is 2.29. The standard InChI is InChI=1S/C16H37NO2Si.H3N/c1-4-7-8-10-15-20(18-13-5-2,19-14-6-3)16-11-9-12-17;/h4-17H2,1-3H3;1H3. The molecule has 0 rings (SSSR count). The first-order valence-corrected chi connectivity index (χ1v) is 11.0. The van der Waals surface area contributed by atoms with Gasteiger partial charge in [0.2, 0.25) is 0 Å². The summed E-state index contributed by atoms with van der Waals surface area (Å²) < 4.78 is 12.6. The summed E-state index contributed by atoms with van der Waals surface area (Å²) in [6.07, 6.45) is 9.59. The largest absolute Gasteiger partial charge is 0.394 e. The van der Waals surface area contributed by atoms with Crippen LogP contribution in [0, 0.1) is 0 Å². The Morgan fingerprint density at radius 3 is 1.67 bits per heavy atom. The van der Waals surface area contributed by atoms with Gasteiger partial charge >= 0.3 is 8.56 Å². The average Bonchev–Trinajstić information content (AvgIpc) is 2.47. The summed E-state index contributed by atoms with van der Waals surface area (Å²) in [7, 11) is -1.98. The SMILES string of the molecule is CCCCCC[Si](CCCCN)(OCCC)OCCC.N. The molecular formula is C16H40N2O2Si. The van der Waals surface area contributed by atoms with Crippen LogP contribution >= 0.6 is 0 Å². The van der Waals surface area contributed by atoms with Crippen molar-refractivity contribution in [2.75, 3.05) is 19.8 Å². The minimum Gasteiger partial charge on any atom is -0.394 e. The number of hydrogen-bond acceptors (Lipinski definition) is 4. The zero-order chi connectivity index (χ0) is 15.1. The van der Waals surface area contributed by atoms with Gasteiger partial charge in [-0.25, -0.2) is 0 Å². The van der Waals surface area contributed by atoms with E-state index in [0.29, 0.717) is 0 Å². The van der Waals surface area contributed by atoms with Crippen molar-refractivity contribution < 1.29 is 8.85 Å². The molecule has 0 bridgehead atoms. The summed E-state index contributed by atoms with van der Waals surface area (Å²) in [5.74, 6) is 0. The molecule has 0 aromatic carbocycles. The quantitative estimate of drug-likeness (QED) is 0.337. The van der Waals surface area contributed by atoms with Crippen molar-refractivity contribution in [1.29, 1.82) is 0 Å². The lowest BCUT2D eigenvalue weighted by Crippen LogP contribution is -2.42. The van der Waals surface area contributed by atoms with Gasteiger partial charge in [0.15, 0.2) is 0 Å². The predicted octanol–water partition coefficient (Wildman–Crippen LogP) is 4.76. The van der Waals surface area contributed by atoms with Crippen LogP contribution in [0.3, 0.4) is 0 Å². The third-order valence-corrected chi connectivity index (χ3v) is 7.25. The Morgan fingerprint density at radius 2 is 1.24 bits per heavy atom. The Hall–Kier alpha value is 0.0569. The van der Waals surface area contributed by atoms with E-state index in [1.165, 1.54) is 25.7 Å². The molecule has 0 aliphatic carbocycles. The fourth-order valence-electron chi connectivity index (χ4n) is 2.39. The van der Waals surface area contributed by atoms with Crippen molar-refractivity contribution in [2.45, 2.75) is 84.2 Å². The fourth-order valence-corrected chi connectivity index (χ4v) is 6.03. The monoisotopic (exact) mass is 320 g/mol. The lowest BCUT2D eigenvalue weighted by molar-refractivity contribution is 0.165. The smallest absolute Gasteiger partial charge is 0.338 e. The van der Waals surface area contributed by atoms with E-state index in [2.05, 4.69) is 20.8 Å². The molecule has 0 saturated carbocycles. The first kappa shape index (κ1) is 23.3. The molecule has 0 aliphatic rings. The zero-order valence-corrected chi connectivity index (χ0v) is 15.8. The van der Waals surface area contributed by atoms with Gasteiger partial charge < -0.3 is 20.7 Å². The molecule has 21 heavy (non-hydrogen) atoms. The Balaban J connectivity index is 0. The van der Waals surface area contributed by atoms with Gasteiger partial charge in [-0.1, -0.05) is 52.9 Å². The van der Waals surface area contributed by atoms with Gasteiger partial charge in [0, 0.05) is 13.2 Å². The molecule has 0 aromatic heterocycles. The topological polar surface area (TPSA) is 79.5 Å². The second kappa shape index (κ2) is 16.4. The van der Waals surface area contributed by atoms with Gasteiger partial charge in [0.25, 0.3) is 0 Å². The molecule has 0 radical (unpaired) electrons. The van der Waals surface area contributed by atoms with Crippen molar-refractivity contribution >= 4 is 8.56 Å². The summed E-state index contributed by atoms with van der Waals surface area (Å²) in [6.45, 7) is 9.10. The number of hydrogen-bond donors (Lipinski definition) is 2. The van der Waals surface area contributed by atoms with Crippen molar-refractivity contribution in [2.24, 2.45) is 5.73 Å². The van der Waals surface area contributed by atoms with Crippen LogP contribution in [0.25, 0.3) is 0 Å². The van der Waals surface area contributed by atoms with E-state index < -0.39 is 8.56 Å². The lowest BCUT2D eigenvalue weighted by Gasteiger charge is -2.31. The second-order valence-electron chi connectivity index (χ2n) is 5.66. The van der Waals surface area contributed by atoms with Crippen LogP contribution in [0.4, 0.5) is 0 Å². The molecule has 0 saturated heterocycles. The van der Waals surface area contributed by atoms with Gasteiger partial charge in [-0.3, -0.25) is 0 Å². The lowest BCUT2D eigenvalue weighted by atomic mass is 10.2. The summed E-state index contributed by atoms with van der Waals surface area (Å²) >= 11 is 0. The summed E-state index contributed by atoms with van der Waals surface area (Å²) in [5, 5.41) is 0. The minimum absolute atomic E-state index is 0. The molecule has 5 heteroatoms. The van der Waals surface area contributed by atoms with Gasteiger partial charge in [-0.15, -0.1) is 0 Å². The Bertz CT molecular complexity index is 199. The highest BCUT2D eigenvalue weighted by atomic mass is 28.4. The van der Waals surface area contributed by atoms with Crippen molar-refractivity contribution in [3.8, 4) is 0 Å². The third-order valence-electron chi connectivity index (χ3n) is 3.56. The maximum atomic E-state index is 6.28. The van der Waals surface area contributed by atoms with E-state index in [9.17, 15) is 0 Å². The molecular weight excluding hydrogens is 280 g/mol. The second-order valence-corrected chi connectivity index (χ2v) is 9.06. The predicted molar refractivity (Wildman–Crippen MR) is 95.3 cm³/mol. The van der Waals surface area contributed by atoms with Crippen molar-refractivity contribution in [1.82, 2.24) is 6.15 Å². The van der Waals surface area contributed by atoms with Crippen molar-refractivity contribution in [3.63, 3.8) is 0 Å². The summed E-state index contributed by atoms with van der Waals surface area (Å²) in [5.41, 5.74) is 5.63. The molecule has 0 aliphatic heterocycles. The molecule has 0 heterocycles. The van der Waals surface area contributed by atoms with Crippen LogP contribution in [0.15, 0.2) is 0 Å². The van der Waals surface area contributed by atoms with Crippen molar-refractivity contribution in [3.05, 3.63) is 0 Å². The highest BCUT2D eigenvalue weighted by Crippen LogP contribution is 2.26. The van der Waals surface area contributed by atoms with Crippen LogP contribution in [0.5, 0.6) is 0 Å². The molecule has 0 spiro atoms. The van der Waals surface area contributed by atoms with E-state index >= 15 is 0 Å². The van der Waals surface area contributed by atoms with E-state index in [4.69, 9.17) is 14.6 Å². The Labute approximate surface area is 134 Å². The van der Waals surface area contributed by atoms with E-state index in [0.717, 1.165) is 57.5 Å². The molecule has 130 valence electrons. The molecule has 0 fully saturated rings. The first-order valence-electron chi connectivity index (χ1n) is 8.72. The molecule has 0 aromatic rings. The van der Waals surface area contributed by atoms with Crippen LogP contribution in [0.2, 0.25) is 12.1 Å². The number of rotatable bonds is 15. The zero-order valence-electron chi connectivity index (χ0n) is 14.8. The first-order chi connectivity index (χ1) is 9.74. The van der Waals surface area contributed by atoms with Gasteiger partial charge in [0.05, 0.1) is 0 Å². The van der Waals surface area contributed by atoms with E-state index in [1.54, 1.807) is 0 Å². The van der Waals surface area contributed by atoms with E-state index in [-0.39, 0.29) is 6.15 Å². The minimum atomic E-state index is -1.98. The maximum absolute atomic E-state index is 6.28. The average molecular weight is 321 g/mol. The van der Waals surface area contributed by atoms with Gasteiger partial charge in [-0.2, -0.15) is 0 Å². The van der Waals surface area contributed by atoms with E-state index in [1.807, 2.05) is 0 Å². The van der Waals surface area contributed by atoms with Crippen LogP contribution in [-0.4, -0.2) is 28.3 Å².